The van der Waals surface area contributed by atoms with Crippen LogP contribution in [-0.4, -0.2) is 38.9 Å². The average Bonchev–Trinajstić information content (AvgIpc) is 2.42. The molecule has 0 atom stereocenters. The molecular formula is C16H22ClNO6. The number of carboxylic acids is 2. The predicted octanol–water partition coefficient (Wildman–Crippen LogP) is 2.36. The van der Waals surface area contributed by atoms with Crippen molar-refractivity contribution < 1.29 is 30.0 Å². The van der Waals surface area contributed by atoms with Crippen molar-refractivity contribution in [3.63, 3.8) is 0 Å². The van der Waals surface area contributed by atoms with E-state index in [9.17, 15) is 10.2 Å². The molecule has 0 bridgehead atoms. The predicted molar refractivity (Wildman–Crippen MR) is 93.9 cm³/mol. The van der Waals surface area contributed by atoms with Crippen molar-refractivity contribution in [1.82, 2.24) is 0 Å². The van der Waals surface area contributed by atoms with Gasteiger partial charge in [-0.05, 0) is 30.0 Å². The highest BCUT2D eigenvalue weighted by atomic mass is 35.5. The van der Waals surface area contributed by atoms with Crippen LogP contribution in [0.2, 0.25) is 0 Å². The second-order valence-electron chi connectivity index (χ2n) is 4.52. The van der Waals surface area contributed by atoms with Crippen molar-refractivity contribution in [3.05, 3.63) is 35.9 Å². The van der Waals surface area contributed by atoms with Crippen LogP contribution in [0, 0.1) is 0 Å². The van der Waals surface area contributed by atoms with E-state index in [1.54, 1.807) is 12.1 Å². The molecule has 2 aromatic rings. The van der Waals surface area contributed by atoms with Crippen LogP contribution in [0.1, 0.15) is 19.4 Å². The summed E-state index contributed by atoms with van der Waals surface area (Å²) in [6.07, 6.45) is 0.765. The van der Waals surface area contributed by atoms with Gasteiger partial charge in [0.1, 0.15) is 0 Å². The van der Waals surface area contributed by atoms with E-state index in [4.69, 9.17) is 25.5 Å². The molecule has 0 aliphatic heterocycles. The third-order valence-electron chi connectivity index (χ3n) is 2.52. The molecule has 8 heteroatoms. The molecular weight excluding hydrogens is 338 g/mol. The number of hydrogen-bond acceptors (Lipinski definition) is 5. The number of phenols is 2. The van der Waals surface area contributed by atoms with Crippen LogP contribution in [0.3, 0.4) is 0 Å². The summed E-state index contributed by atoms with van der Waals surface area (Å²) in [5.41, 5.74) is 6.60. The molecule has 2 aromatic carbocycles. The molecule has 7 nitrogen and oxygen atoms in total. The van der Waals surface area contributed by atoms with Gasteiger partial charge >= 0.3 is 0 Å². The topological polar surface area (TPSA) is 141 Å². The molecule has 134 valence electrons. The molecule has 0 radical (unpaired) electrons. The van der Waals surface area contributed by atoms with Gasteiger partial charge in [0.15, 0.2) is 11.5 Å². The van der Waals surface area contributed by atoms with E-state index in [-0.39, 0.29) is 23.9 Å². The Morgan fingerprint density at radius 1 is 0.958 bits per heavy atom. The lowest BCUT2D eigenvalue weighted by molar-refractivity contribution is -0.135. The van der Waals surface area contributed by atoms with Crippen LogP contribution >= 0.6 is 12.4 Å². The monoisotopic (exact) mass is 359 g/mol. The van der Waals surface area contributed by atoms with Crippen molar-refractivity contribution in [3.8, 4) is 11.5 Å². The summed E-state index contributed by atoms with van der Waals surface area (Å²) >= 11 is 0. The summed E-state index contributed by atoms with van der Waals surface area (Å²) < 4.78 is 0. The lowest BCUT2D eigenvalue weighted by Crippen LogP contribution is -2.02. The third-order valence-corrected chi connectivity index (χ3v) is 2.52. The zero-order valence-corrected chi connectivity index (χ0v) is 14.2. The summed E-state index contributed by atoms with van der Waals surface area (Å²) in [5, 5.41) is 35.5. The fourth-order valence-corrected chi connectivity index (χ4v) is 1.77. The molecule has 0 fully saturated rings. The number of rotatable bonds is 2. The second kappa shape index (κ2) is 12.0. The molecule has 0 amide bonds. The third kappa shape index (κ3) is 8.82. The van der Waals surface area contributed by atoms with E-state index in [1.165, 1.54) is 6.07 Å². The van der Waals surface area contributed by atoms with E-state index in [2.05, 4.69) is 0 Å². The lowest BCUT2D eigenvalue weighted by atomic mass is 10.0. The molecule has 6 N–H and O–H groups in total. The summed E-state index contributed by atoms with van der Waals surface area (Å²) in [7, 11) is 0. The molecule has 0 saturated heterocycles. The van der Waals surface area contributed by atoms with E-state index >= 15 is 0 Å². The molecule has 0 aliphatic carbocycles. The first-order valence-electron chi connectivity index (χ1n) is 6.72. The molecule has 0 saturated carbocycles. The Morgan fingerprint density at radius 2 is 1.46 bits per heavy atom. The molecule has 24 heavy (non-hydrogen) atoms. The van der Waals surface area contributed by atoms with E-state index in [0.29, 0.717) is 11.9 Å². The Balaban J connectivity index is 0. The Hall–Kier alpha value is -2.51. The number of hydrogen-bond donors (Lipinski definition) is 5. The smallest absolute Gasteiger partial charge is 0.300 e. The maximum Gasteiger partial charge on any atom is 0.300 e. The number of aromatic hydroxyl groups is 2. The number of halogens is 1. The molecule has 0 heterocycles. The summed E-state index contributed by atoms with van der Waals surface area (Å²) in [6, 6.07) is 8.91. The van der Waals surface area contributed by atoms with Gasteiger partial charge in [0.2, 0.25) is 0 Å². The van der Waals surface area contributed by atoms with Crippen molar-refractivity contribution in [2.24, 2.45) is 5.73 Å². The number of aliphatic carboxylic acids is 2. The molecule has 2 rings (SSSR count). The minimum absolute atomic E-state index is 0. The number of fused-ring (bicyclic) bond motifs is 1. The number of carbonyl (C=O) groups is 2. The lowest BCUT2D eigenvalue weighted by Gasteiger charge is -2.07. The van der Waals surface area contributed by atoms with Gasteiger partial charge in [0.25, 0.3) is 11.9 Å². The maximum atomic E-state index is 9.67. The van der Waals surface area contributed by atoms with Gasteiger partial charge in [-0.15, -0.1) is 12.4 Å². The molecule has 0 spiro atoms. The van der Waals surface area contributed by atoms with Crippen molar-refractivity contribution in [2.45, 2.75) is 20.3 Å². The second-order valence-corrected chi connectivity index (χ2v) is 4.52. The van der Waals surface area contributed by atoms with Crippen LogP contribution in [0.25, 0.3) is 10.8 Å². The fourth-order valence-electron chi connectivity index (χ4n) is 1.77. The summed E-state index contributed by atoms with van der Waals surface area (Å²) in [4.78, 5) is 18.0. The van der Waals surface area contributed by atoms with Crippen LogP contribution in [-0.2, 0) is 16.0 Å². The fraction of sp³-hybridized carbons (Fsp3) is 0.250. The van der Waals surface area contributed by atoms with Crippen molar-refractivity contribution >= 4 is 35.1 Å². The first kappa shape index (κ1) is 23.8. The SMILES string of the molecule is CC(=O)O.CC(=O)O.Cl.NCCc1cccc2c(O)c(O)ccc12. The molecule has 0 aromatic heterocycles. The number of benzene rings is 2. The van der Waals surface area contributed by atoms with Gasteiger partial charge in [-0.3, -0.25) is 9.59 Å². The maximum absolute atomic E-state index is 9.67. The van der Waals surface area contributed by atoms with Crippen LogP contribution < -0.4 is 5.73 Å². The van der Waals surface area contributed by atoms with Gasteiger partial charge in [-0.25, -0.2) is 0 Å². The highest BCUT2D eigenvalue weighted by molar-refractivity contribution is 5.92. The van der Waals surface area contributed by atoms with Crippen LogP contribution in [0.5, 0.6) is 11.5 Å². The minimum Gasteiger partial charge on any atom is -0.504 e. The molecule has 0 unspecified atom stereocenters. The minimum atomic E-state index is -0.833. The summed E-state index contributed by atoms with van der Waals surface area (Å²) in [5.74, 6) is -1.82. The number of nitrogens with two attached hydrogens (primary N) is 1. The standard InChI is InChI=1S/C12H13NO2.2C2H4O2.ClH/c13-7-6-8-2-1-3-10-9(8)4-5-11(14)12(10)15;2*1-2(3)4;/h1-5,14-15H,6-7,13H2;2*1H3,(H,3,4);1H. The van der Waals surface area contributed by atoms with Gasteiger partial charge in [-0.2, -0.15) is 0 Å². The highest BCUT2D eigenvalue weighted by Crippen LogP contribution is 2.34. The molecule has 0 aliphatic rings. The Labute approximate surface area is 145 Å². The zero-order valence-electron chi connectivity index (χ0n) is 13.4. The largest absolute Gasteiger partial charge is 0.504 e. The van der Waals surface area contributed by atoms with Gasteiger partial charge < -0.3 is 26.2 Å². The van der Waals surface area contributed by atoms with E-state index in [1.807, 2.05) is 12.1 Å². The van der Waals surface area contributed by atoms with Gasteiger partial charge in [0, 0.05) is 19.2 Å². The Bertz CT molecular complexity index is 655. The first-order valence-corrected chi connectivity index (χ1v) is 6.72. The van der Waals surface area contributed by atoms with E-state index in [0.717, 1.165) is 31.2 Å². The number of carboxylic acid groups (broad SMARTS) is 2. The first-order chi connectivity index (χ1) is 10.7. The van der Waals surface area contributed by atoms with Crippen LogP contribution in [0.4, 0.5) is 0 Å². The van der Waals surface area contributed by atoms with Crippen LogP contribution in [0.15, 0.2) is 30.3 Å². The summed E-state index contributed by atoms with van der Waals surface area (Å²) in [6.45, 7) is 2.74. The zero-order chi connectivity index (χ0) is 18.0. The van der Waals surface area contributed by atoms with Crippen molar-refractivity contribution in [2.75, 3.05) is 6.54 Å². The Morgan fingerprint density at radius 3 is 1.92 bits per heavy atom. The van der Waals surface area contributed by atoms with Gasteiger partial charge in [-0.1, -0.05) is 24.3 Å². The van der Waals surface area contributed by atoms with Gasteiger partial charge in [0.05, 0.1) is 0 Å². The van der Waals surface area contributed by atoms with Crippen molar-refractivity contribution in [1.29, 1.82) is 0 Å². The van der Waals surface area contributed by atoms with E-state index < -0.39 is 11.9 Å². The normalized spacial score (nSPS) is 8.79. The number of phenolic OH excluding ortho intramolecular Hbond substituents is 2. The average molecular weight is 360 g/mol. The highest BCUT2D eigenvalue weighted by Gasteiger charge is 2.07. The quantitative estimate of drug-likeness (QED) is 0.518. The Kier molecular flexibility index (Phi) is 11.9.